The van der Waals surface area contributed by atoms with Crippen molar-refractivity contribution in [2.24, 2.45) is 0 Å². The molecule has 1 saturated carbocycles. The molecule has 2 atom stereocenters. The minimum Gasteiger partial charge on any atom is -0.506 e. The second-order valence-electron chi connectivity index (χ2n) is 13.1. The van der Waals surface area contributed by atoms with Crippen LogP contribution in [0.5, 0.6) is 11.5 Å². The number of aromatic nitrogens is 1. The van der Waals surface area contributed by atoms with Crippen molar-refractivity contribution in [3.05, 3.63) is 141 Å². The summed E-state index contributed by atoms with van der Waals surface area (Å²) >= 11 is 0. The molecule has 0 radical (unpaired) electrons. The van der Waals surface area contributed by atoms with Crippen LogP contribution in [-0.2, 0) is 33.0 Å². The van der Waals surface area contributed by atoms with Crippen molar-refractivity contribution in [2.75, 3.05) is 13.2 Å². The lowest BCUT2D eigenvalue weighted by Gasteiger charge is -2.36. The van der Waals surface area contributed by atoms with Crippen molar-refractivity contribution in [1.82, 2.24) is 20.9 Å². The second kappa shape index (κ2) is 16.1. The number of aromatic hydroxyl groups is 1. The van der Waals surface area contributed by atoms with Crippen LogP contribution >= 0.6 is 0 Å². The van der Waals surface area contributed by atoms with Gasteiger partial charge in [-0.1, -0.05) is 72.8 Å². The normalized spacial score (nSPS) is 16.9. The van der Waals surface area contributed by atoms with Gasteiger partial charge in [0.25, 0.3) is 5.91 Å². The molecule has 1 aromatic heterocycles. The SMILES string of the molecule is O=C(COc1cccc([C@](O)(C(=O)O)c2ccccc2)c1)N[C@H]1C[C@H](NC(=O)Cc2ccc(CNC[C@H](O)c3ccc(O)c4[nH]c(=O)ccc34)cc2)C1. The Balaban J connectivity index is 0.896. The monoisotopic (exact) mass is 720 g/mol. The fourth-order valence-electron chi connectivity index (χ4n) is 6.43. The molecule has 6 rings (SSSR count). The van der Waals surface area contributed by atoms with E-state index in [1.807, 2.05) is 24.3 Å². The lowest BCUT2D eigenvalue weighted by Crippen LogP contribution is -2.54. The largest absolute Gasteiger partial charge is 0.506 e. The zero-order valence-corrected chi connectivity index (χ0v) is 28.6. The van der Waals surface area contributed by atoms with Crippen LogP contribution in [0.3, 0.4) is 0 Å². The number of aromatic amines is 1. The number of H-pyrrole nitrogens is 1. The number of amides is 2. The number of ether oxygens (including phenoxy) is 1. The zero-order valence-electron chi connectivity index (χ0n) is 28.6. The van der Waals surface area contributed by atoms with Crippen molar-refractivity contribution in [3.8, 4) is 11.5 Å². The molecule has 1 aliphatic rings. The number of aliphatic hydroxyl groups is 2. The van der Waals surface area contributed by atoms with E-state index in [1.54, 1.807) is 42.5 Å². The molecule has 0 aliphatic heterocycles. The van der Waals surface area contributed by atoms with Gasteiger partial charge in [0, 0.05) is 42.2 Å². The molecule has 274 valence electrons. The van der Waals surface area contributed by atoms with Gasteiger partial charge in [0.05, 0.1) is 18.0 Å². The number of carboxylic acid groups (broad SMARTS) is 1. The number of fused-ring (bicyclic) bond motifs is 1. The van der Waals surface area contributed by atoms with E-state index in [4.69, 9.17) is 4.74 Å². The maximum Gasteiger partial charge on any atom is 0.345 e. The number of phenolic OH excluding ortho intramolecular Hbond substituents is 1. The Bertz CT molecular complexity index is 2150. The van der Waals surface area contributed by atoms with Gasteiger partial charge in [-0.2, -0.15) is 0 Å². The van der Waals surface area contributed by atoms with Crippen LogP contribution in [0.1, 0.15) is 46.8 Å². The molecule has 0 bridgehead atoms. The van der Waals surface area contributed by atoms with Gasteiger partial charge in [-0.15, -0.1) is 0 Å². The zero-order chi connectivity index (χ0) is 37.5. The third-order valence-corrected chi connectivity index (χ3v) is 9.31. The molecule has 1 fully saturated rings. The summed E-state index contributed by atoms with van der Waals surface area (Å²) in [5, 5.41) is 51.4. The predicted molar refractivity (Wildman–Crippen MR) is 195 cm³/mol. The first kappa shape index (κ1) is 36.8. The third kappa shape index (κ3) is 8.72. The second-order valence-corrected chi connectivity index (χ2v) is 13.1. The summed E-state index contributed by atoms with van der Waals surface area (Å²) in [6, 6.07) is 27.4. The number of hydrogen-bond donors (Lipinski definition) is 8. The highest BCUT2D eigenvalue weighted by atomic mass is 16.5. The third-order valence-electron chi connectivity index (χ3n) is 9.31. The van der Waals surface area contributed by atoms with Crippen molar-refractivity contribution >= 4 is 28.7 Å². The first-order valence-corrected chi connectivity index (χ1v) is 17.1. The summed E-state index contributed by atoms with van der Waals surface area (Å²) in [5.74, 6) is -1.77. The molecule has 13 heteroatoms. The maximum atomic E-state index is 12.7. The van der Waals surface area contributed by atoms with Crippen LogP contribution in [0.2, 0.25) is 0 Å². The van der Waals surface area contributed by atoms with Gasteiger partial charge in [0.15, 0.2) is 6.61 Å². The number of carbonyl (C=O) groups is 3. The van der Waals surface area contributed by atoms with Gasteiger partial charge in [-0.3, -0.25) is 14.4 Å². The van der Waals surface area contributed by atoms with Crippen molar-refractivity contribution in [2.45, 2.75) is 49.6 Å². The summed E-state index contributed by atoms with van der Waals surface area (Å²) < 4.78 is 5.61. The molecule has 5 aromatic rings. The number of carbonyl (C=O) groups excluding carboxylic acids is 2. The van der Waals surface area contributed by atoms with E-state index < -0.39 is 17.7 Å². The average Bonchev–Trinajstić information content (AvgIpc) is 3.14. The van der Waals surface area contributed by atoms with E-state index in [1.165, 1.54) is 36.4 Å². The van der Waals surface area contributed by atoms with E-state index in [9.17, 15) is 39.6 Å². The molecule has 2 amide bonds. The summed E-state index contributed by atoms with van der Waals surface area (Å²) in [6.45, 7) is 0.409. The fourth-order valence-corrected chi connectivity index (χ4v) is 6.43. The maximum absolute atomic E-state index is 12.7. The van der Waals surface area contributed by atoms with Gasteiger partial charge in [0.2, 0.25) is 17.1 Å². The van der Waals surface area contributed by atoms with Crippen LogP contribution in [0, 0.1) is 0 Å². The summed E-state index contributed by atoms with van der Waals surface area (Å²) in [5.41, 5.74) is 0.302. The van der Waals surface area contributed by atoms with E-state index >= 15 is 0 Å². The van der Waals surface area contributed by atoms with Crippen molar-refractivity contribution in [3.63, 3.8) is 0 Å². The number of nitrogens with one attached hydrogen (secondary N) is 4. The number of aliphatic hydroxyl groups excluding tert-OH is 1. The van der Waals surface area contributed by atoms with Gasteiger partial charge >= 0.3 is 5.97 Å². The predicted octanol–water partition coefficient (Wildman–Crippen LogP) is 2.76. The molecule has 0 saturated heterocycles. The Kier molecular flexibility index (Phi) is 11.2. The van der Waals surface area contributed by atoms with E-state index in [0.29, 0.717) is 30.3 Å². The Labute approximate surface area is 304 Å². The molecule has 53 heavy (non-hydrogen) atoms. The number of hydrogen-bond acceptors (Lipinski definition) is 9. The minimum atomic E-state index is -2.29. The number of pyridine rings is 1. The van der Waals surface area contributed by atoms with Crippen LogP contribution < -0.4 is 26.2 Å². The minimum absolute atomic E-state index is 0.0687. The number of carboxylic acids is 1. The summed E-state index contributed by atoms with van der Waals surface area (Å²) in [4.78, 5) is 51.6. The highest BCUT2D eigenvalue weighted by Crippen LogP contribution is 2.32. The Morgan fingerprint density at radius 3 is 2.23 bits per heavy atom. The van der Waals surface area contributed by atoms with Crippen molar-refractivity contribution in [1.29, 1.82) is 0 Å². The molecular formula is C40H40N4O9. The van der Waals surface area contributed by atoms with E-state index in [2.05, 4.69) is 20.9 Å². The van der Waals surface area contributed by atoms with Gasteiger partial charge < -0.3 is 46.1 Å². The molecule has 8 N–H and O–H groups in total. The number of phenols is 1. The van der Waals surface area contributed by atoms with Gasteiger partial charge in [-0.05, 0) is 59.4 Å². The van der Waals surface area contributed by atoms with Gasteiger partial charge in [0.1, 0.15) is 11.5 Å². The Morgan fingerprint density at radius 1 is 0.830 bits per heavy atom. The molecule has 1 aliphatic carbocycles. The highest BCUT2D eigenvalue weighted by Gasteiger charge is 2.40. The summed E-state index contributed by atoms with van der Waals surface area (Å²) in [7, 11) is 0. The van der Waals surface area contributed by atoms with Crippen LogP contribution in [-0.4, -0.2) is 68.4 Å². The average molecular weight is 721 g/mol. The number of benzene rings is 4. The number of aliphatic carboxylic acids is 1. The molecule has 0 unspecified atom stereocenters. The first-order chi connectivity index (χ1) is 25.5. The molecule has 4 aromatic carbocycles. The van der Waals surface area contributed by atoms with Crippen LogP contribution in [0.25, 0.3) is 10.9 Å². The van der Waals surface area contributed by atoms with Crippen LogP contribution in [0.4, 0.5) is 0 Å². The molecule has 13 nitrogen and oxygen atoms in total. The number of rotatable bonds is 15. The van der Waals surface area contributed by atoms with E-state index in [0.717, 1.165) is 11.1 Å². The first-order valence-electron chi connectivity index (χ1n) is 17.1. The molecule has 1 heterocycles. The summed E-state index contributed by atoms with van der Waals surface area (Å²) in [6.07, 6.45) is 0.469. The van der Waals surface area contributed by atoms with Gasteiger partial charge in [-0.25, -0.2) is 4.79 Å². The standard InChI is InChI=1S/C40H40N4O9/c45-33-15-13-31(32-14-16-35(47)44-38(32)33)34(46)22-41-21-25-11-9-24(10-12-25)17-36(48)42-28-19-29(20-28)43-37(49)23-53-30-8-4-7-27(18-30)40(52,39(50)51)26-5-2-1-3-6-26/h1-16,18,28-29,34,41,45-46,52H,17,19-23H2,(H,42,48)(H,43,49)(H,44,47)(H,50,51)/t28-,29-,34-,40-/m0/s1. The smallest absolute Gasteiger partial charge is 0.345 e. The molecule has 0 spiro atoms. The van der Waals surface area contributed by atoms with Crippen molar-refractivity contribution < 1.29 is 39.5 Å². The molecular weight excluding hydrogens is 680 g/mol. The van der Waals surface area contributed by atoms with Crippen LogP contribution in [0.15, 0.2) is 108 Å². The Hall–Kier alpha value is -6.02. The topological polar surface area (TPSA) is 210 Å². The lowest BCUT2D eigenvalue weighted by molar-refractivity contribution is -0.155. The van der Waals surface area contributed by atoms with E-state index in [-0.39, 0.29) is 77.2 Å². The fraction of sp³-hybridized carbons (Fsp3) is 0.250. The quantitative estimate of drug-likeness (QED) is 0.0793. The lowest BCUT2D eigenvalue weighted by atomic mass is 9.86. The highest BCUT2D eigenvalue weighted by molar-refractivity contribution is 5.87. The Morgan fingerprint density at radius 2 is 1.51 bits per heavy atom.